The molecule has 2 rings (SSSR count). The maximum atomic E-state index is 11.3. The van der Waals surface area contributed by atoms with Crippen molar-refractivity contribution >= 4 is 5.91 Å². The lowest BCUT2D eigenvalue weighted by Gasteiger charge is -1.99. The van der Waals surface area contributed by atoms with Gasteiger partial charge >= 0.3 is 0 Å². The molecule has 0 radical (unpaired) electrons. The quantitative estimate of drug-likeness (QED) is 0.672. The number of nitrogens with one attached hydrogen (secondary N) is 2. The lowest BCUT2D eigenvalue weighted by Crippen LogP contribution is -2.26. The van der Waals surface area contributed by atoms with E-state index in [1.807, 2.05) is 0 Å². The summed E-state index contributed by atoms with van der Waals surface area (Å²) in [6.45, 7) is 2.12. The van der Waals surface area contributed by atoms with Crippen LogP contribution in [0.25, 0.3) is 0 Å². The third kappa shape index (κ3) is 1.32. The molecule has 4 nitrogen and oxygen atoms in total. The van der Waals surface area contributed by atoms with E-state index < -0.39 is 0 Å². The highest BCUT2D eigenvalue weighted by molar-refractivity contribution is 5.92. The summed E-state index contributed by atoms with van der Waals surface area (Å²) in [5.41, 5.74) is 0.536. The highest BCUT2D eigenvalue weighted by atomic mass is 16.2. The Bertz CT molecular complexity index is 281. The summed E-state index contributed by atoms with van der Waals surface area (Å²) in [6, 6.07) is 0.376. The number of aromatic amines is 1. The Morgan fingerprint density at radius 2 is 2.58 bits per heavy atom. The van der Waals surface area contributed by atoms with Gasteiger partial charge in [-0.15, -0.1) is 0 Å². The zero-order valence-corrected chi connectivity index (χ0v) is 6.87. The Balaban J connectivity index is 1.93. The molecule has 0 saturated heterocycles. The van der Waals surface area contributed by atoms with Gasteiger partial charge in [0.1, 0.15) is 5.69 Å². The molecule has 0 aromatic carbocycles. The van der Waals surface area contributed by atoms with Crippen molar-refractivity contribution < 1.29 is 4.79 Å². The second-order valence-corrected chi connectivity index (χ2v) is 3.26. The number of amides is 1. The van der Waals surface area contributed by atoms with Gasteiger partial charge in [-0.2, -0.15) is 0 Å². The molecule has 1 unspecified atom stereocenters. The van der Waals surface area contributed by atoms with Gasteiger partial charge in [-0.25, -0.2) is 4.98 Å². The van der Waals surface area contributed by atoms with E-state index in [2.05, 4.69) is 22.2 Å². The number of carbonyl (C=O) groups is 1. The van der Waals surface area contributed by atoms with E-state index in [1.54, 1.807) is 0 Å². The van der Waals surface area contributed by atoms with E-state index in [1.165, 1.54) is 12.5 Å². The monoisotopic (exact) mass is 165 g/mol. The van der Waals surface area contributed by atoms with Crippen LogP contribution < -0.4 is 5.32 Å². The summed E-state index contributed by atoms with van der Waals surface area (Å²) >= 11 is 0. The Morgan fingerprint density at radius 1 is 1.83 bits per heavy atom. The van der Waals surface area contributed by atoms with E-state index in [9.17, 15) is 4.79 Å². The van der Waals surface area contributed by atoms with Crippen molar-refractivity contribution in [1.82, 2.24) is 15.3 Å². The molecule has 64 valence electrons. The summed E-state index contributed by atoms with van der Waals surface area (Å²) < 4.78 is 0. The first kappa shape index (κ1) is 7.34. The van der Waals surface area contributed by atoms with E-state index >= 15 is 0 Å². The third-order valence-corrected chi connectivity index (χ3v) is 2.17. The lowest BCUT2D eigenvalue weighted by molar-refractivity contribution is 0.0945. The summed E-state index contributed by atoms with van der Waals surface area (Å²) in [5.74, 6) is 0.582. The predicted octanol–water partition coefficient (Wildman–Crippen LogP) is 0.548. The van der Waals surface area contributed by atoms with E-state index in [-0.39, 0.29) is 5.91 Å². The third-order valence-electron chi connectivity index (χ3n) is 2.17. The van der Waals surface area contributed by atoms with Crippen LogP contribution in [0.15, 0.2) is 12.5 Å². The van der Waals surface area contributed by atoms with Crippen LogP contribution >= 0.6 is 0 Å². The molecule has 1 aromatic rings. The average Bonchev–Trinajstić information content (AvgIpc) is 2.58. The molecule has 2 N–H and O–H groups in total. The van der Waals surface area contributed by atoms with Crippen LogP contribution in [-0.2, 0) is 0 Å². The van der Waals surface area contributed by atoms with Crippen LogP contribution in [0.4, 0.5) is 0 Å². The first-order valence-electron chi connectivity index (χ1n) is 4.06. The second kappa shape index (κ2) is 2.62. The molecule has 4 heteroatoms. The summed E-state index contributed by atoms with van der Waals surface area (Å²) in [6.07, 6.45) is 4.13. The van der Waals surface area contributed by atoms with Gasteiger partial charge in [0.05, 0.1) is 12.5 Å². The molecule has 1 saturated carbocycles. The fourth-order valence-corrected chi connectivity index (χ4v) is 1.15. The molecule has 1 amide bonds. The maximum Gasteiger partial charge on any atom is 0.269 e. The second-order valence-electron chi connectivity index (χ2n) is 3.26. The Labute approximate surface area is 70.4 Å². The van der Waals surface area contributed by atoms with Gasteiger partial charge < -0.3 is 10.3 Å². The van der Waals surface area contributed by atoms with Crippen molar-refractivity contribution in [3.63, 3.8) is 0 Å². The number of hydrogen-bond acceptors (Lipinski definition) is 2. The minimum atomic E-state index is -0.0538. The van der Waals surface area contributed by atoms with Gasteiger partial charge in [0.2, 0.25) is 0 Å². The molecule has 1 aliphatic carbocycles. The van der Waals surface area contributed by atoms with Crippen LogP contribution in [0.3, 0.4) is 0 Å². The number of rotatable bonds is 2. The van der Waals surface area contributed by atoms with Gasteiger partial charge in [-0.3, -0.25) is 4.79 Å². The van der Waals surface area contributed by atoms with E-state index in [4.69, 9.17) is 0 Å². The van der Waals surface area contributed by atoms with Gasteiger partial charge in [-0.05, 0) is 12.3 Å². The fraction of sp³-hybridized carbons (Fsp3) is 0.500. The molecule has 0 aliphatic heterocycles. The van der Waals surface area contributed by atoms with E-state index in [0.29, 0.717) is 17.7 Å². The SMILES string of the molecule is C[C@@H]1CC1NC(=O)c1cnc[nH]1. The lowest BCUT2D eigenvalue weighted by atomic mass is 10.4. The Hall–Kier alpha value is -1.32. The molecule has 0 spiro atoms. The van der Waals surface area contributed by atoms with Crippen LogP contribution in [0.2, 0.25) is 0 Å². The zero-order chi connectivity index (χ0) is 8.55. The number of H-pyrrole nitrogens is 1. The maximum absolute atomic E-state index is 11.3. The predicted molar refractivity (Wildman–Crippen MR) is 43.6 cm³/mol. The van der Waals surface area contributed by atoms with Gasteiger partial charge in [0.25, 0.3) is 5.91 Å². The molecule has 12 heavy (non-hydrogen) atoms. The molecule has 1 heterocycles. The van der Waals surface area contributed by atoms with Crippen molar-refractivity contribution in [2.45, 2.75) is 19.4 Å². The minimum Gasteiger partial charge on any atom is -0.348 e. The van der Waals surface area contributed by atoms with Crippen molar-refractivity contribution in [2.75, 3.05) is 0 Å². The van der Waals surface area contributed by atoms with E-state index in [0.717, 1.165) is 6.42 Å². The molecule has 0 bridgehead atoms. The number of aromatic nitrogens is 2. The van der Waals surface area contributed by atoms with Gasteiger partial charge in [-0.1, -0.05) is 6.92 Å². The minimum absolute atomic E-state index is 0.0538. The highest BCUT2D eigenvalue weighted by Crippen LogP contribution is 2.28. The summed E-state index contributed by atoms with van der Waals surface area (Å²) in [5, 5.41) is 2.90. The summed E-state index contributed by atoms with van der Waals surface area (Å²) in [7, 11) is 0. The average molecular weight is 165 g/mol. The molecule has 1 fully saturated rings. The number of imidazole rings is 1. The van der Waals surface area contributed by atoms with Crippen molar-refractivity contribution in [2.24, 2.45) is 5.92 Å². The Morgan fingerprint density at radius 3 is 3.08 bits per heavy atom. The molecule has 1 aromatic heterocycles. The number of nitrogens with zero attached hydrogens (tertiary/aromatic N) is 1. The zero-order valence-electron chi connectivity index (χ0n) is 6.87. The van der Waals surface area contributed by atoms with Crippen molar-refractivity contribution in [3.8, 4) is 0 Å². The van der Waals surface area contributed by atoms with Crippen LogP contribution in [0.1, 0.15) is 23.8 Å². The van der Waals surface area contributed by atoms with Crippen LogP contribution in [0, 0.1) is 5.92 Å². The molecular weight excluding hydrogens is 154 g/mol. The van der Waals surface area contributed by atoms with Crippen molar-refractivity contribution in [3.05, 3.63) is 18.2 Å². The van der Waals surface area contributed by atoms with Crippen molar-refractivity contribution in [1.29, 1.82) is 0 Å². The van der Waals surface area contributed by atoms with Crippen LogP contribution in [-0.4, -0.2) is 21.9 Å². The summed E-state index contributed by atoms with van der Waals surface area (Å²) in [4.78, 5) is 17.9. The standard InChI is InChI=1S/C8H11N3O/c1-5-2-6(5)11-8(12)7-3-9-4-10-7/h3-6H,2H2,1H3,(H,9,10)(H,11,12)/t5-,6?/m1/s1. The molecule has 1 aliphatic rings. The number of hydrogen-bond donors (Lipinski definition) is 2. The largest absolute Gasteiger partial charge is 0.348 e. The highest BCUT2D eigenvalue weighted by Gasteiger charge is 2.34. The molecular formula is C8H11N3O. The smallest absolute Gasteiger partial charge is 0.269 e. The first-order valence-corrected chi connectivity index (χ1v) is 4.06. The topological polar surface area (TPSA) is 57.8 Å². The normalized spacial score (nSPS) is 26.8. The fourth-order valence-electron chi connectivity index (χ4n) is 1.15. The Kier molecular flexibility index (Phi) is 1.60. The first-order chi connectivity index (χ1) is 5.77. The van der Waals surface area contributed by atoms with Gasteiger partial charge in [0.15, 0.2) is 0 Å². The van der Waals surface area contributed by atoms with Crippen LogP contribution in [0.5, 0.6) is 0 Å². The molecule has 2 atom stereocenters. The number of carbonyl (C=O) groups excluding carboxylic acids is 1. The van der Waals surface area contributed by atoms with Gasteiger partial charge in [0, 0.05) is 6.04 Å².